The SMILES string of the molecule is O=C(O)CSc1nc(=O)ccn1-c1ccccc1Cl. The van der Waals surface area contributed by atoms with Gasteiger partial charge in [0.05, 0.1) is 16.5 Å². The normalized spacial score (nSPS) is 10.4. The van der Waals surface area contributed by atoms with Crippen LogP contribution in [0.25, 0.3) is 5.69 Å². The lowest BCUT2D eigenvalue weighted by Gasteiger charge is -2.12. The first-order valence-electron chi connectivity index (χ1n) is 5.27. The third-order valence-corrected chi connectivity index (χ3v) is 3.47. The smallest absolute Gasteiger partial charge is 0.313 e. The molecule has 0 saturated heterocycles. The molecular weight excluding hydrogens is 288 g/mol. The molecule has 7 heteroatoms. The van der Waals surface area contributed by atoms with E-state index in [2.05, 4.69) is 4.98 Å². The lowest BCUT2D eigenvalue weighted by atomic mass is 10.3. The summed E-state index contributed by atoms with van der Waals surface area (Å²) in [6, 6.07) is 8.35. The molecule has 0 aliphatic carbocycles. The first-order chi connectivity index (χ1) is 9.08. The van der Waals surface area contributed by atoms with Crippen LogP contribution in [-0.4, -0.2) is 26.4 Å². The molecule has 1 aromatic heterocycles. The third kappa shape index (κ3) is 3.36. The van der Waals surface area contributed by atoms with Crippen LogP contribution >= 0.6 is 23.4 Å². The summed E-state index contributed by atoms with van der Waals surface area (Å²) in [4.78, 5) is 25.7. The van der Waals surface area contributed by atoms with E-state index in [9.17, 15) is 9.59 Å². The third-order valence-electron chi connectivity index (χ3n) is 2.21. The predicted molar refractivity (Wildman–Crippen MR) is 73.2 cm³/mol. The van der Waals surface area contributed by atoms with Crippen LogP contribution in [-0.2, 0) is 4.79 Å². The van der Waals surface area contributed by atoms with Gasteiger partial charge in [-0.05, 0) is 12.1 Å². The van der Waals surface area contributed by atoms with Crippen LogP contribution in [0.4, 0.5) is 0 Å². The molecular formula is C12H9ClN2O3S. The van der Waals surface area contributed by atoms with Gasteiger partial charge in [0.2, 0.25) is 0 Å². The average Bonchev–Trinajstić information content (AvgIpc) is 2.37. The molecule has 19 heavy (non-hydrogen) atoms. The maximum absolute atomic E-state index is 11.3. The highest BCUT2D eigenvalue weighted by molar-refractivity contribution is 7.99. The fraction of sp³-hybridized carbons (Fsp3) is 0.0833. The van der Waals surface area contributed by atoms with Crippen molar-refractivity contribution in [3.63, 3.8) is 0 Å². The molecule has 0 bridgehead atoms. The predicted octanol–water partition coefficient (Wildman–Crippen LogP) is 2.06. The van der Waals surface area contributed by atoms with Crippen LogP contribution in [0, 0.1) is 0 Å². The molecule has 0 fully saturated rings. The Kier molecular flexibility index (Phi) is 4.24. The van der Waals surface area contributed by atoms with Crippen LogP contribution in [0.3, 0.4) is 0 Å². The van der Waals surface area contributed by atoms with Crippen molar-refractivity contribution in [2.75, 3.05) is 5.75 Å². The monoisotopic (exact) mass is 296 g/mol. The molecule has 2 aromatic rings. The van der Waals surface area contributed by atoms with Gasteiger partial charge in [-0.3, -0.25) is 14.2 Å². The second kappa shape index (κ2) is 5.90. The number of nitrogens with zero attached hydrogens (tertiary/aromatic N) is 2. The lowest BCUT2D eigenvalue weighted by molar-refractivity contribution is -0.133. The summed E-state index contributed by atoms with van der Waals surface area (Å²) >= 11 is 7.05. The van der Waals surface area contributed by atoms with Gasteiger partial charge < -0.3 is 5.11 Å². The van der Waals surface area contributed by atoms with E-state index in [1.54, 1.807) is 28.8 Å². The van der Waals surface area contributed by atoms with Gasteiger partial charge >= 0.3 is 5.97 Å². The zero-order valence-corrected chi connectivity index (χ0v) is 11.2. The summed E-state index contributed by atoms with van der Waals surface area (Å²) in [5, 5.41) is 9.48. The van der Waals surface area contributed by atoms with E-state index in [1.807, 2.05) is 0 Å². The Labute approximate surface area is 117 Å². The minimum absolute atomic E-state index is 0.180. The maximum Gasteiger partial charge on any atom is 0.313 e. The number of benzene rings is 1. The van der Waals surface area contributed by atoms with Gasteiger partial charge in [-0.25, -0.2) is 0 Å². The molecule has 98 valence electrons. The largest absolute Gasteiger partial charge is 0.481 e. The van der Waals surface area contributed by atoms with E-state index < -0.39 is 11.5 Å². The van der Waals surface area contributed by atoms with Crippen molar-refractivity contribution in [2.24, 2.45) is 0 Å². The fourth-order valence-corrected chi connectivity index (χ4v) is 2.38. The fourth-order valence-electron chi connectivity index (χ4n) is 1.45. The quantitative estimate of drug-likeness (QED) is 0.691. The molecule has 1 aromatic carbocycles. The van der Waals surface area contributed by atoms with Gasteiger partial charge in [-0.1, -0.05) is 35.5 Å². The first-order valence-corrected chi connectivity index (χ1v) is 6.63. The van der Waals surface area contributed by atoms with Crippen molar-refractivity contribution < 1.29 is 9.90 Å². The average molecular weight is 297 g/mol. The first kappa shape index (κ1) is 13.6. The Morgan fingerprint density at radius 3 is 2.79 bits per heavy atom. The minimum atomic E-state index is -0.978. The topological polar surface area (TPSA) is 72.2 Å². The summed E-state index contributed by atoms with van der Waals surface area (Å²) < 4.78 is 1.59. The molecule has 0 aliphatic heterocycles. The van der Waals surface area contributed by atoms with Crippen molar-refractivity contribution in [2.45, 2.75) is 5.16 Å². The molecule has 0 radical (unpaired) electrons. The minimum Gasteiger partial charge on any atom is -0.481 e. The van der Waals surface area contributed by atoms with Gasteiger partial charge in [0, 0.05) is 12.3 Å². The maximum atomic E-state index is 11.3. The van der Waals surface area contributed by atoms with E-state index >= 15 is 0 Å². The zero-order valence-electron chi connectivity index (χ0n) is 9.62. The number of para-hydroxylation sites is 1. The summed E-state index contributed by atoms with van der Waals surface area (Å²) in [5.74, 6) is -1.16. The van der Waals surface area contributed by atoms with Gasteiger partial charge in [0.15, 0.2) is 5.16 Å². The Bertz CT molecular complexity index is 672. The molecule has 0 spiro atoms. The van der Waals surface area contributed by atoms with E-state index in [-0.39, 0.29) is 5.75 Å². The Morgan fingerprint density at radius 1 is 1.37 bits per heavy atom. The number of halogens is 1. The van der Waals surface area contributed by atoms with E-state index in [0.717, 1.165) is 11.8 Å². The van der Waals surface area contributed by atoms with E-state index in [4.69, 9.17) is 16.7 Å². The highest BCUT2D eigenvalue weighted by atomic mass is 35.5. The van der Waals surface area contributed by atoms with E-state index in [0.29, 0.717) is 15.9 Å². The number of rotatable bonds is 4. The number of carboxylic acids is 1. The number of aliphatic carboxylic acids is 1. The van der Waals surface area contributed by atoms with Gasteiger partial charge in [-0.2, -0.15) is 4.98 Å². The molecule has 2 rings (SSSR count). The lowest BCUT2D eigenvalue weighted by Crippen LogP contribution is -2.13. The molecule has 0 unspecified atom stereocenters. The highest BCUT2D eigenvalue weighted by Crippen LogP contribution is 2.24. The van der Waals surface area contributed by atoms with Crippen LogP contribution < -0.4 is 5.56 Å². The van der Waals surface area contributed by atoms with Gasteiger partial charge in [-0.15, -0.1) is 0 Å². The summed E-state index contributed by atoms with van der Waals surface area (Å²) in [6.07, 6.45) is 1.53. The van der Waals surface area contributed by atoms with Crippen LogP contribution in [0.1, 0.15) is 0 Å². The van der Waals surface area contributed by atoms with Crippen LogP contribution in [0.2, 0.25) is 5.02 Å². The molecule has 0 amide bonds. The van der Waals surface area contributed by atoms with Crippen LogP contribution in [0.5, 0.6) is 0 Å². The van der Waals surface area contributed by atoms with Crippen molar-refractivity contribution in [1.29, 1.82) is 0 Å². The molecule has 1 N–H and O–H groups in total. The molecule has 0 atom stereocenters. The number of hydrogen-bond acceptors (Lipinski definition) is 4. The second-order valence-corrected chi connectivity index (χ2v) is 4.90. The summed E-state index contributed by atoms with van der Waals surface area (Å²) in [7, 11) is 0. The number of carbonyl (C=O) groups is 1. The Hall–Kier alpha value is -1.79. The van der Waals surface area contributed by atoms with Gasteiger partial charge in [0.25, 0.3) is 5.56 Å². The summed E-state index contributed by atoms with van der Waals surface area (Å²) in [5.41, 5.74) is 0.223. The number of carboxylic acid groups (broad SMARTS) is 1. The molecule has 5 nitrogen and oxygen atoms in total. The van der Waals surface area contributed by atoms with Gasteiger partial charge in [0.1, 0.15) is 0 Å². The van der Waals surface area contributed by atoms with Crippen LogP contribution in [0.15, 0.2) is 46.5 Å². The van der Waals surface area contributed by atoms with Crippen molar-refractivity contribution in [3.05, 3.63) is 51.9 Å². The van der Waals surface area contributed by atoms with Crippen molar-refractivity contribution in [1.82, 2.24) is 9.55 Å². The summed E-state index contributed by atoms with van der Waals surface area (Å²) in [6.45, 7) is 0. The Balaban J connectivity index is 2.48. The number of hydrogen-bond donors (Lipinski definition) is 1. The Morgan fingerprint density at radius 2 is 2.11 bits per heavy atom. The van der Waals surface area contributed by atoms with Crippen molar-refractivity contribution in [3.8, 4) is 5.69 Å². The highest BCUT2D eigenvalue weighted by Gasteiger charge is 2.10. The molecule has 0 saturated carbocycles. The van der Waals surface area contributed by atoms with E-state index in [1.165, 1.54) is 12.3 Å². The number of thioether (sulfide) groups is 1. The second-order valence-electron chi connectivity index (χ2n) is 3.55. The van der Waals surface area contributed by atoms with Crippen molar-refractivity contribution >= 4 is 29.3 Å². The standard InChI is InChI=1S/C12H9ClN2O3S/c13-8-3-1-2-4-9(8)15-6-5-10(16)14-12(15)19-7-11(17)18/h1-6H,7H2,(H,17,18). The molecule has 1 heterocycles. The molecule has 0 aliphatic rings. The number of aromatic nitrogens is 2. The zero-order chi connectivity index (χ0) is 13.8.